The summed E-state index contributed by atoms with van der Waals surface area (Å²) in [7, 11) is 1.69. The Morgan fingerprint density at radius 3 is 2.20 bits per heavy atom. The number of hydrogen-bond donors (Lipinski definition) is 0. The summed E-state index contributed by atoms with van der Waals surface area (Å²) in [6, 6.07) is 8.27. The van der Waals surface area contributed by atoms with Crippen molar-refractivity contribution in [3.05, 3.63) is 29.8 Å². The zero-order chi connectivity index (χ0) is 13.7. The summed E-state index contributed by atoms with van der Waals surface area (Å²) in [5.74, 6) is 3.62. The Labute approximate surface area is 120 Å². The van der Waals surface area contributed by atoms with E-state index in [1.54, 1.807) is 7.11 Å². The number of carbonyl (C=O) groups excluding carboxylic acids is 1. The van der Waals surface area contributed by atoms with Gasteiger partial charge in [-0.3, -0.25) is 4.79 Å². The van der Waals surface area contributed by atoms with Crippen molar-refractivity contribution in [3.63, 3.8) is 0 Å². The quantitative estimate of drug-likeness (QED) is 0.818. The molecule has 20 heavy (non-hydrogen) atoms. The van der Waals surface area contributed by atoms with Gasteiger partial charge in [-0.15, -0.1) is 0 Å². The van der Waals surface area contributed by atoms with Crippen molar-refractivity contribution in [2.45, 2.75) is 43.9 Å². The number of ether oxygens (including phenoxy) is 1. The van der Waals surface area contributed by atoms with Gasteiger partial charge in [0.25, 0.3) is 0 Å². The van der Waals surface area contributed by atoms with E-state index in [1.165, 1.54) is 24.8 Å². The fraction of sp³-hybridized carbons (Fsp3) is 0.611. The lowest BCUT2D eigenvalue weighted by Gasteiger charge is -2.44. The van der Waals surface area contributed by atoms with Gasteiger partial charge in [0, 0.05) is 6.42 Å². The number of carbonyl (C=O) groups is 1. The minimum Gasteiger partial charge on any atom is -0.497 e. The van der Waals surface area contributed by atoms with E-state index in [1.807, 2.05) is 12.1 Å². The Hall–Kier alpha value is -1.31. The molecule has 1 aromatic carbocycles. The highest BCUT2D eigenvalue weighted by Crippen LogP contribution is 2.56. The van der Waals surface area contributed by atoms with Gasteiger partial charge in [-0.25, -0.2) is 0 Å². The molecule has 0 heterocycles. The maximum atomic E-state index is 12.9. The van der Waals surface area contributed by atoms with Gasteiger partial charge in [0.2, 0.25) is 0 Å². The van der Waals surface area contributed by atoms with Gasteiger partial charge in [-0.1, -0.05) is 12.1 Å². The average molecular weight is 270 g/mol. The molecule has 0 saturated heterocycles. The Morgan fingerprint density at radius 2 is 1.60 bits per heavy atom. The topological polar surface area (TPSA) is 26.3 Å². The van der Waals surface area contributed by atoms with Crippen molar-refractivity contribution < 1.29 is 9.53 Å². The Kier molecular flexibility index (Phi) is 2.70. The van der Waals surface area contributed by atoms with Crippen LogP contribution in [0.3, 0.4) is 0 Å². The summed E-state index contributed by atoms with van der Waals surface area (Å²) >= 11 is 0. The van der Waals surface area contributed by atoms with Gasteiger partial charge in [0.1, 0.15) is 11.5 Å². The predicted octanol–water partition coefficient (Wildman–Crippen LogP) is 3.73. The van der Waals surface area contributed by atoms with E-state index in [9.17, 15) is 4.79 Å². The first kappa shape index (κ1) is 12.4. The summed E-state index contributed by atoms with van der Waals surface area (Å²) in [6.45, 7) is 0. The van der Waals surface area contributed by atoms with Crippen LogP contribution < -0.4 is 4.74 Å². The maximum Gasteiger partial charge on any atom is 0.143 e. The third-order valence-corrected chi connectivity index (χ3v) is 5.92. The first-order valence-electron chi connectivity index (χ1n) is 7.87. The van der Waals surface area contributed by atoms with Crippen LogP contribution >= 0.6 is 0 Å². The highest BCUT2D eigenvalue weighted by atomic mass is 16.5. The molecule has 4 fully saturated rings. The lowest BCUT2D eigenvalue weighted by molar-refractivity contribution is -0.125. The van der Waals surface area contributed by atoms with Crippen LogP contribution in [0, 0.1) is 17.8 Å². The van der Waals surface area contributed by atoms with E-state index in [2.05, 4.69) is 12.1 Å². The van der Waals surface area contributed by atoms with Crippen LogP contribution in [0.1, 0.15) is 44.1 Å². The summed E-state index contributed by atoms with van der Waals surface area (Å²) in [5, 5.41) is 0. The number of benzene rings is 1. The fourth-order valence-electron chi connectivity index (χ4n) is 5.26. The van der Waals surface area contributed by atoms with Gasteiger partial charge >= 0.3 is 0 Å². The lowest BCUT2D eigenvalue weighted by atomic mass is 9.59. The van der Waals surface area contributed by atoms with Crippen molar-refractivity contribution in [1.82, 2.24) is 0 Å². The fourth-order valence-corrected chi connectivity index (χ4v) is 5.26. The van der Waals surface area contributed by atoms with Crippen LogP contribution in [-0.4, -0.2) is 12.9 Å². The molecular weight excluding hydrogens is 248 g/mol. The number of hydrogen-bond acceptors (Lipinski definition) is 2. The zero-order valence-corrected chi connectivity index (χ0v) is 12.1. The second kappa shape index (κ2) is 4.34. The molecule has 0 aromatic heterocycles. The van der Waals surface area contributed by atoms with Gasteiger partial charge < -0.3 is 4.74 Å². The summed E-state index contributed by atoms with van der Waals surface area (Å²) in [6.07, 6.45) is 6.94. The third-order valence-electron chi connectivity index (χ3n) is 5.92. The number of Topliss-reactive ketones (excluding diaryl/α,β-unsaturated/α-hetero) is 1. The van der Waals surface area contributed by atoms with E-state index in [4.69, 9.17) is 4.74 Å². The number of methoxy groups -OCH3 is 1. The minimum absolute atomic E-state index is 0.175. The Bertz CT molecular complexity index is 517. The Morgan fingerprint density at radius 1 is 1.00 bits per heavy atom. The van der Waals surface area contributed by atoms with Gasteiger partial charge in [-0.05, 0) is 67.6 Å². The number of ketones is 1. The van der Waals surface area contributed by atoms with Crippen LogP contribution in [0.2, 0.25) is 0 Å². The molecule has 4 atom stereocenters. The van der Waals surface area contributed by atoms with Crippen molar-refractivity contribution in [2.24, 2.45) is 17.8 Å². The molecule has 2 heteroatoms. The molecular formula is C18H22O2. The molecule has 4 aliphatic carbocycles. The van der Waals surface area contributed by atoms with E-state index >= 15 is 0 Å². The van der Waals surface area contributed by atoms with Crippen molar-refractivity contribution in [2.75, 3.05) is 7.11 Å². The molecule has 4 saturated carbocycles. The van der Waals surface area contributed by atoms with Crippen LogP contribution in [0.4, 0.5) is 0 Å². The molecule has 4 aliphatic rings. The van der Waals surface area contributed by atoms with Crippen molar-refractivity contribution in [3.8, 4) is 5.75 Å². The number of rotatable bonds is 2. The molecule has 0 amide bonds. The van der Waals surface area contributed by atoms with E-state index in [-0.39, 0.29) is 5.41 Å². The molecule has 4 bridgehead atoms. The lowest BCUT2D eigenvalue weighted by Crippen LogP contribution is -2.41. The summed E-state index contributed by atoms with van der Waals surface area (Å²) in [4.78, 5) is 12.9. The first-order valence-corrected chi connectivity index (χ1v) is 7.87. The molecule has 0 aliphatic heterocycles. The molecule has 1 aromatic rings. The van der Waals surface area contributed by atoms with Gasteiger partial charge in [0.15, 0.2) is 0 Å². The van der Waals surface area contributed by atoms with Crippen molar-refractivity contribution >= 4 is 5.78 Å². The van der Waals surface area contributed by atoms with E-state index < -0.39 is 0 Å². The predicted molar refractivity (Wildman–Crippen MR) is 77.9 cm³/mol. The molecule has 2 nitrogen and oxygen atoms in total. The summed E-state index contributed by atoms with van der Waals surface area (Å²) < 4.78 is 5.25. The highest BCUT2D eigenvalue weighted by molar-refractivity contribution is 5.91. The van der Waals surface area contributed by atoms with Crippen molar-refractivity contribution in [1.29, 1.82) is 0 Å². The standard InChI is InChI=1S/C18H22O2/c1-20-16-4-2-15(3-5-16)18-10-13-6-12(9-17(18)19)7-14(8-13)11-18/h2-5,12-14H,6-11H2,1H3/t12?,13-,14+,18?. The first-order chi connectivity index (χ1) is 9.69. The molecule has 0 radical (unpaired) electrons. The van der Waals surface area contributed by atoms with Crippen LogP contribution in [0.15, 0.2) is 24.3 Å². The highest BCUT2D eigenvalue weighted by Gasteiger charge is 2.52. The number of fused-ring (bicyclic) bond motifs is 1. The smallest absolute Gasteiger partial charge is 0.143 e. The Balaban J connectivity index is 1.78. The van der Waals surface area contributed by atoms with Crippen LogP contribution in [0.5, 0.6) is 5.75 Å². The zero-order valence-electron chi connectivity index (χ0n) is 12.1. The molecule has 0 N–H and O–H groups in total. The minimum atomic E-state index is -0.175. The van der Waals surface area contributed by atoms with Gasteiger partial charge in [0.05, 0.1) is 12.5 Å². The summed E-state index contributed by atoms with van der Waals surface area (Å²) in [5.41, 5.74) is 1.06. The second-order valence-corrected chi connectivity index (χ2v) is 7.15. The third kappa shape index (κ3) is 1.73. The molecule has 5 rings (SSSR count). The van der Waals surface area contributed by atoms with Gasteiger partial charge in [-0.2, -0.15) is 0 Å². The maximum absolute atomic E-state index is 12.9. The monoisotopic (exact) mass is 270 g/mol. The largest absolute Gasteiger partial charge is 0.497 e. The van der Waals surface area contributed by atoms with E-state index in [0.29, 0.717) is 11.7 Å². The molecule has 0 spiro atoms. The normalized spacial score (nSPS) is 38.9. The second-order valence-electron chi connectivity index (χ2n) is 7.15. The molecule has 106 valence electrons. The SMILES string of the molecule is COc1ccc(C23C[C@@H]4CC(CC2=O)C[C@@H](C4)C3)cc1. The van der Waals surface area contributed by atoms with Crippen LogP contribution in [0.25, 0.3) is 0 Å². The van der Waals surface area contributed by atoms with E-state index in [0.717, 1.165) is 36.8 Å². The molecule has 2 unspecified atom stereocenters. The average Bonchev–Trinajstić information content (AvgIpc) is 2.60. The van der Waals surface area contributed by atoms with Crippen LogP contribution in [-0.2, 0) is 10.2 Å².